The van der Waals surface area contributed by atoms with E-state index in [2.05, 4.69) is 18.2 Å². The molecular formula is C14H18O2. The predicted molar refractivity (Wildman–Crippen MR) is 62.6 cm³/mol. The molecule has 0 spiro atoms. The molecule has 2 aliphatic carbocycles. The van der Waals surface area contributed by atoms with E-state index >= 15 is 0 Å². The summed E-state index contributed by atoms with van der Waals surface area (Å²) in [4.78, 5) is 0. The summed E-state index contributed by atoms with van der Waals surface area (Å²) < 4.78 is 5.28. The van der Waals surface area contributed by atoms with Gasteiger partial charge in [0.15, 0.2) is 0 Å². The topological polar surface area (TPSA) is 29.5 Å². The van der Waals surface area contributed by atoms with Crippen LogP contribution >= 0.6 is 0 Å². The normalized spacial score (nSPS) is 32.5. The number of ether oxygens (including phenoxy) is 1. The summed E-state index contributed by atoms with van der Waals surface area (Å²) in [6.45, 7) is 0.327. The Morgan fingerprint density at radius 3 is 2.81 bits per heavy atom. The summed E-state index contributed by atoms with van der Waals surface area (Å²) in [5.74, 6) is 2.21. The van der Waals surface area contributed by atoms with Gasteiger partial charge >= 0.3 is 0 Å². The molecule has 0 saturated heterocycles. The molecule has 2 nitrogen and oxygen atoms in total. The van der Waals surface area contributed by atoms with Crippen molar-refractivity contribution in [3.8, 4) is 5.75 Å². The molecule has 2 atom stereocenters. The highest BCUT2D eigenvalue weighted by molar-refractivity contribution is 5.41. The lowest BCUT2D eigenvalue weighted by Crippen LogP contribution is -2.14. The zero-order valence-electron chi connectivity index (χ0n) is 9.65. The van der Waals surface area contributed by atoms with Crippen molar-refractivity contribution in [3.63, 3.8) is 0 Å². The smallest absolute Gasteiger partial charge is 0.119 e. The molecule has 16 heavy (non-hydrogen) atoms. The van der Waals surface area contributed by atoms with Gasteiger partial charge in [0.2, 0.25) is 0 Å². The van der Waals surface area contributed by atoms with Crippen LogP contribution in [0.3, 0.4) is 0 Å². The maximum absolute atomic E-state index is 9.37. The Kier molecular flexibility index (Phi) is 2.21. The third kappa shape index (κ3) is 1.36. The summed E-state index contributed by atoms with van der Waals surface area (Å²) in [5.41, 5.74) is 1.65. The molecular weight excluding hydrogens is 200 g/mol. The number of hydrogen-bond donors (Lipinski definition) is 1. The summed E-state index contributed by atoms with van der Waals surface area (Å²) in [6, 6.07) is 8.38. The van der Waals surface area contributed by atoms with Gasteiger partial charge < -0.3 is 9.84 Å². The van der Waals surface area contributed by atoms with E-state index < -0.39 is 0 Å². The molecule has 0 heterocycles. The highest BCUT2D eigenvalue weighted by Gasteiger charge is 2.62. The average molecular weight is 218 g/mol. The van der Waals surface area contributed by atoms with E-state index in [1.165, 1.54) is 18.4 Å². The van der Waals surface area contributed by atoms with Gasteiger partial charge in [-0.3, -0.25) is 0 Å². The molecule has 2 unspecified atom stereocenters. The fourth-order valence-corrected chi connectivity index (χ4v) is 3.18. The quantitative estimate of drug-likeness (QED) is 0.840. The largest absolute Gasteiger partial charge is 0.497 e. The zero-order valence-corrected chi connectivity index (χ0v) is 9.65. The van der Waals surface area contributed by atoms with Gasteiger partial charge in [0, 0.05) is 12.0 Å². The summed E-state index contributed by atoms with van der Waals surface area (Å²) in [7, 11) is 1.71. The fourth-order valence-electron chi connectivity index (χ4n) is 3.18. The SMILES string of the molecule is COc1cccc(C2(C3CC3)CC2CO)c1. The van der Waals surface area contributed by atoms with Crippen LogP contribution in [0.2, 0.25) is 0 Å². The van der Waals surface area contributed by atoms with Crippen LogP contribution in [0, 0.1) is 11.8 Å². The first-order valence-corrected chi connectivity index (χ1v) is 6.06. The monoisotopic (exact) mass is 218 g/mol. The molecule has 2 fully saturated rings. The minimum Gasteiger partial charge on any atom is -0.497 e. The van der Waals surface area contributed by atoms with Crippen LogP contribution in [0.15, 0.2) is 24.3 Å². The molecule has 0 amide bonds. The van der Waals surface area contributed by atoms with Crippen molar-refractivity contribution in [2.24, 2.45) is 11.8 Å². The molecule has 3 rings (SSSR count). The summed E-state index contributed by atoms with van der Waals surface area (Å²) in [5, 5.41) is 9.37. The van der Waals surface area contributed by atoms with Crippen molar-refractivity contribution in [1.82, 2.24) is 0 Å². The van der Waals surface area contributed by atoms with E-state index in [1.807, 2.05) is 6.07 Å². The van der Waals surface area contributed by atoms with Gasteiger partial charge in [-0.2, -0.15) is 0 Å². The van der Waals surface area contributed by atoms with E-state index in [0.29, 0.717) is 12.5 Å². The third-order valence-corrected chi connectivity index (χ3v) is 4.29. The van der Waals surface area contributed by atoms with Gasteiger partial charge in [0.05, 0.1) is 7.11 Å². The van der Waals surface area contributed by atoms with Gasteiger partial charge in [-0.1, -0.05) is 12.1 Å². The van der Waals surface area contributed by atoms with Crippen molar-refractivity contribution in [2.75, 3.05) is 13.7 Å². The second-order valence-electron chi connectivity index (χ2n) is 5.13. The fraction of sp³-hybridized carbons (Fsp3) is 0.571. The molecule has 1 aromatic carbocycles. The van der Waals surface area contributed by atoms with Crippen LogP contribution in [0.25, 0.3) is 0 Å². The average Bonchev–Trinajstić information content (AvgIpc) is 3.19. The predicted octanol–water partition coefficient (Wildman–Crippen LogP) is 2.36. The lowest BCUT2D eigenvalue weighted by Gasteiger charge is -2.17. The van der Waals surface area contributed by atoms with Crippen LogP contribution in [0.1, 0.15) is 24.8 Å². The van der Waals surface area contributed by atoms with Gasteiger partial charge in [-0.05, 0) is 48.8 Å². The number of aliphatic hydroxyl groups excluding tert-OH is 1. The Hall–Kier alpha value is -1.02. The second-order valence-corrected chi connectivity index (χ2v) is 5.13. The van der Waals surface area contributed by atoms with E-state index in [-0.39, 0.29) is 5.41 Å². The van der Waals surface area contributed by atoms with Crippen LogP contribution in [0.5, 0.6) is 5.75 Å². The van der Waals surface area contributed by atoms with Crippen LogP contribution in [-0.2, 0) is 5.41 Å². The van der Waals surface area contributed by atoms with Crippen molar-refractivity contribution in [3.05, 3.63) is 29.8 Å². The molecule has 0 radical (unpaired) electrons. The molecule has 0 bridgehead atoms. The first-order valence-electron chi connectivity index (χ1n) is 6.06. The van der Waals surface area contributed by atoms with Crippen LogP contribution in [0.4, 0.5) is 0 Å². The minimum absolute atomic E-state index is 0.281. The van der Waals surface area contributed by atoms with Gasteiger partial charge in [-0.25, -0.2) is 0 Å². The number of rotatable bonds is 4. The first-order chi connectivity index (χ1) is 7.81. The molecule has 0 aromatic heterocycles. The number of benzene rings is 1. The molecule has 1 N–H and O–H groups in total. The van der Waals surface area contributed by atoms with Gasteiger partial charge in [-0.15, -0.1) is 0 Å². The zero-order chi connectivity index (χ0) is 11.2. The maximum atomic E-state index is 9.37. The van der Waals surface area contributed by atoms with Crippen molar-refractivity contribution in [2.45, 2.75) is 24.7 Å². The minimum atomic E-state index is 0.281. The Morgan fingerprint density at radius 2 is 2.25 bits per heavy atom. The lowest BCUT2D eigenvalue weighted by atomic mass is 9.88. The standard InChI is InChI=1S/C14H18O2/c1-16-13-4-2-3-11(7-13)14(10-5-6-10)8-12(14)9-15/h2-4,7,10,12,15H,5-6,8-9H2,1H3. The highest BCUT2D eigenvalue weighted by atomic mass is 16.5. The maximum Gasteiger partial charge on any atom is 0.119 e. The first kappa shape index (κ1) is 10.2. The Balaban J connectivity index is 1.94. The van der Waals surface area contributed by atoms with Crippen molar-refractivity contribution >= 4 is 0 Å². The van der Waals surface area contributed by atoms with Gasteiger partial charge in [0.25, 0.3) is 0 Å². The summed E-state index contributed by atoms with van der Waals surface area (Å²) in [6.07, 6.45) is 3.81. The van der Waals surface area contributed by atoms with Gasteiger partial charge in [0.1, 0.15) is 5.75 Å². The van der Waals surface area contributed by atoms with E-state index in [4.69, 9.17) is 4.74 Å². The Labute approximate surface area is 96.2 Å². The van der Waals surface area contributed by atoms with Crippen LogP contribution < -0.4 is 4.74 Å². The molecule has 2 saturated carbocycles. The molecule has 2 heteroatoms. The van der Waals surface area contributed by atoms with Crippen molar-refractivity contribution in [1.29, 1.82) is 0 Å². The van der Waals surface area contributed by atoms with Crippen LogP contribution in [-0.4, -0.2) is 18.8 Å². The number of hydrogen-bond acceptors (Lipinski definition) is 2. The second kappa shape index (κ2) is 3.49. The highest BCUT2D eigenvalue weighted by Crippen LogP contribution is 2.66. The molecule has 2 aliphatic rings. The number of methoxy groups -OCH3 is 1. The Bertz CT molecular complexity index is 397. The summed E-state index contributed by atoms with van der Waals surface area (Å²) >= 11 is 0. The van der Waals surface area contributed by atoms with E-state index in [9.17, 15) is 5.11 Å². The molecule has 86 valence electrons. The lowest BCUT2D eigenvalue weighted by molar-refractivity contribution is 0.259. The Morgan fingerprint density at radius 1 is 1.44 bits per heavy atom. The molecule has 1 aromatic rings. The van der Waals surface area contributed by atoms with E-state index in [1.54, 1.807) is 7.11 Å². The number of aliphatic hydroxyl groups is 1. The van der Waals surface area contributed by atoms with E-state index in [0.717, 1.165) is 18.1 Å². The third-order valence-electron chi connectivity index (χ3n) is 4.29. The van der Waals surface area contributed by atoms with Crippen molar-refractivity contribution < 1.29 is 9.84 Å². The molecule has 0 aliphatic heterocycles.